The summed E-state index contributed by atoms with van der Waals surface area (Å²) in [4.78, 5) is 20.2. The summed E-state index contributed by atoms with van der Waals surface area (Å²) in [5.41, 5.74) is 0. The van der Waals surface area contributed by atoms with Gasteiger partial charge in [0.05, 0.1) is 18.2 Å². The van der Waals surface area contributed by atoms with Gasteiger partial charge >= 0.3 is 0 Å². The Kier molecular flexibility index (Phi) is 6.32. The Balaban J connectivity index is 1.86. The summed E-state index contributed by atoms with van der Waals surface area (Å²) in [5, 5.41) is 3.21. The van der Waals surface area contributed by atoms with E-state index in [9.17, 15) is 4.79 Å². The number of carbonyl (C=O) groups is 1. The average molecular weight is 325 g/mol. The number of imidazole rings is 1. The molecule has 0 spiro atoms. The van der Waals surface area contributed by atoms with E-state index in [1.54, 1.807) is 36.2 Å². The van der Waals surface area contributed by atoms with Gasteiger partial charge in [-0.3, -0.25) is 4.79 Å². The smallest absolute Gasteiger partial charge is 0.245 e. The van der Waals surface area contributed by atoms with Crippen molar-refractivity contribution in [3.63, 3.8) is 0 Å². The lowest BCUT2D eigenvalue weighted by Gasteiger charge is -2.09. The van der Waals surface area contributed by atoms with Crippen molar-refractivity contribution in [3.05, 3.63) is 41.6 Å². The highest BCUT2D eigenvalue weighted by Gasteiger charge is 2.09. The fourth-order valence-electron chi connectivity index (χ4n) is 1.72. The van der Waals surface area contributed by atoms with Crippen LogP contribution in [0.25, 0.3) is 0 Å². The van der Waals surface area contributed by atoms with Gasteiger partial charge in [-0.2, -0.15) is 0 Å². The van der Waals surface area contributed by atoms with Gasteiger partial charge in [0, 0.05) is 25.7 Å². The van der Waals surface area contributed by atoms with Crippen LogP contribution >= 0.6 is 11.6 Å². The molecule has 0 bridgehead atoms. The van der Waals surface area contributed by atoms with Gasteiger partial charge in [-0.05, 0) is 12.1 Å². The number of aromatic nitrogens is 3. The van der Waals surface area contributed by atoms with Crippen molar-refractivity contribution in [2.24, 2.45) is 0 Å². The number of nitrogens with zero attached hydrogens (tertiary/aromatic N) is 3. The summed E-state index contributed by atoms with van der Waals surface area (Å²) in [6.45, 7) is 1.45. The molecule has 0 aliphatic rings. The summed E-state index contributed by atoms with van der Waals surface area (Å²) in [7, 11) is 1.61. The molecule has 0 radical (unpaired) electrons. The van der Waals surface area contributed by atoms with Crippen LogP contribution in [0.2, 0.25) is 5.02 Å². The third-order valence-corrected chi connectivity index (χ3v) is 3.00. The fourth-order valence-corrected chi connectivity index (χ4v) is 1.83. The lowest BCUT2D eigenvalue weighted by atomic mass is 10.4. The van der Waals surface area contributed by atoms with E-state index < -0.39 is 0 Å². The van der Waals surface area contributed by atoms with E-state index in [1.807, 2.05) is 0 Å². The van der Waals surface area contributed by atoms with Crippen molar-refractivity contribution in [1.82, 2.24) is 14.5 Å². The number of ether oxygens (including phenoxy) is 2. The lowest BCUT2D eigenvalue weighted by molar-refractivity contribution is -0.116. The predicted octanol–water partition coefficient (Wildman–Crippen LogP) is 1.73. The molecule has 22 heavy (non-hydrogen) atoms. The van der Waals surface area contributed by atoms with E-state index in [0.717, 1.165) is 0 Å². The molecule has 0 atom stereocenters. The maximum absolute atomic E-state index is 12.0. The Morgan fingerprint density at radius 3 is 2.95 bits per heavy atom. The predicted molar refractivity (Wildman–Crippen MR) is 81.6 cm³/mol. The standard InChI is InChI=1S/C14H17ClN4O3/c1-21-6-7-22-10-13-16-4-5-19(13)9-14(20)18-12-3-2-11(15)8-17-12/h2-5,8H,6-7,9-10H2,1H3,(H,17,18,20). The van der Waals surface area contributed by atoms with Crippen LogP contribution < -0.4 is 5.32 Å². The first kappa shape index (κ1) is 16.4. The lowest BCUT2D eigenvalue weighted by Crippen LogP contribution is -2.20. The number of hydrogen-bond donors (Lipinski definition) is 1. The minimum atomic E-state index is -0.203. The monoisotopic (exact) mass is 324 g/mol. The third-order valence-electron chi connectivity index (χ3n) is 2.77. The second-order valence-electron chi connectivity index (χ2n) is 4.43. The Hall–Kier alpha value is -1.96. The number of carbonyl (C=O) groups excluding carboxylic acids is 1. The molecule has 7 nitrogen and oxygen atoms in total. The first-order chi connectivity index (χ1) is 10.7. The summed E-state index contributed by atoms with van der Waals surface area (Å²) in [6.07, 6.45) is 4.83. The average Bonchev–Trinajstić information content (AvgIpc) is 2.93. The molecule has 0 fully saturated rings. The largest absolute Gasteiger partial charge is 0.382 e. The number of amides is 1. The van der Waals surface area contributed by atoms with Crippen LogP contribution in [0.5, 0.6) is 0 Å². The molecule has 1 amide bonds. The molecule has 0 saturated heterocycles. The Bertz CT molecular complexity index is 600. The molecule has 0 aliphatic carbocycles. The second-order valence-corrected chi connectivity index (χ2v) is 4.86. The number of halogens is 1. The van der Waals surface area contributed by atoms with Crippen LogP contribution in [0.3, 0.4) is 0 Å². The quantitative estimate of drug-likeness (QED) is 0.748. The van der Waals surface area contributed by atoms with Crippen molar-refractivity contribution in [2.45, 2.75) is 13.2 Å². The van der Waals surface area contributed by atoms with Crippen LogP contribution in [-0.2, 0) is 27.4 Å². The molecule has 2 heterocycles. The Labute approximate surface area is 133 Å². The van der Waals surface area contributed by atoms with E-state index >= 15 is 0 Å². The van der Waals surface area contributed by atoms with Gasteiger partial charge < -0.3 is 19.4 Å². The molecule has 2 aromatic rings. The SMILES string of the molecule is COCCOCc1nccn1CC(=O)Nc1ccc(Cl)cn1. The maximum Gasteiger partial charge on any atom is 0.245 e. The molecule has 0 aliphatic heterocycles. The van der Waals surface area contributed by atoms with Crippen LogP contribution in [0, 0.1) is 0 Å². The molecular weight excluding hydrogens is 308 g/mol. The highest BCUT2D eigenvalue weighted by Crippen LogP contribution is 2.09. The van der Waals surface area contributed by atoms with Crippen molar-refractivity contribution in [2.75, 3.05) is 25.6 Å². The summed E-state index contributed by atoms with van der Waals surface area (Å²) in [6, 6.07) is 3.30. The number of hydrogen-bond acceptors (Lipinski definition) is 5. The molecule has 2 rings (SSSR count). The van der Waals surface area contributed by atoms with E-state index in [1.165, 1.54) is 6.20 Å². The molecule has 1 N–H and O–H groups in total. The fraction of sp³-hybridized carbons (Fsp3) is 0.357. The summed E-state index contributed by atoms with van der Waals surface area (Å²) < 4.78 is 12.0. The first-order valence-corrected chi connectivity index (χ1v) is 7.05. The van der Waals surface area contributed by atoms with Crippen molar-refractivity contribution in [1.29, 1.82) is 0 Å². The zero-order valence-electron chi connectivity index (χ0n) is 12.2. The topological polar surface area (TPSA) is 78.3 Å². The maximum atomic E-state index is 12.0. The number of methoxy groups -OCH3 is 1. The van der Waals surface area contributed by atoms with Crippen molar-refractivity contribution < 1.29 is 14.3 Å². The summed E-state index contributed by atoms with van der Waals surface area (Å²) >= 11 is 5.74. The van der Waals surface area contributed by atoms with Crippen molar-refractivity contribution in [3.8, 4) is 0 Å². The van der Waals surface area contributed by atoms with E-state index in [0.29, 0.717) is 36.5 Å². The number of anilines is 1. The number of rotatable bonds is 8. The molecule has 0 saturated carbocycles. The minimum Gasteiger partial charge on any atom is -0.382 e. The van der Waals surface area contributed by atoms with Gasteiger partial charge in [-0.1, -0.05) is 11.6 Å². The van der Waals surface area contributed by atoms with Gasteiger partial charge in [0.25, 0.3) is 0 Å². The van der Waals surface area contributed by atoms with E-state index in [4.69, 9.17) is 21.1 Å². The number of pyridine rings is 1. The van der Waals surface area contributed by atoms with Gasteiger partial charge in [0.1, 0.15) is 24.8 Å². The molecule has 8 heteroatoms. The van der Waals surface area contributed by atoms with Gasteiger partial charge in [-0.15, -0.1) is 0 Å². The molecule has 0 unspecified atom stereocenters. The molecular formula is C14H17ClN4O3. The van der Waals surface area contributed by atoms with Gasteiger partial charge in [-0.25, -0.2) is 9.97 Å². The highest BCUT2D eigenvalue weighted by atomic mass is 35.5. The Morgan fingerprint density at radius 1 is 1.36 bits per heavy atom. The van der Waals surface area contributed by atoms with Crippen LogP contribution in [0.4, 0.5) is 5.82 Å². The van der Waals surface area contributed by atoms with Crippen molar-refractivity contribution >= 4 is 23.3 Å². The first-order valence-electron chi connectivity index (χ1n) is 6.67. The van der Waals surface area contributed by atoms with Gasteiger partial charge in [0.2, 0.25) is 5.91 Å². The van der Waals surface area contributed by atoms with Gasteiger partial charge in [0.15, 0.2) is 0 Å². The van der Waals surface area contributed by atoms with Crippen LogP contribution in [0.1, 0.15) is 5.82 Å². The van der Waals surface area contributed by atoms with E-state index in [-0.39, 0.29) is 12.5 Å². The normalized spacial score (nSPS) is 10.6. The minimum absolute atomic E-state index is 0.132. The van der Waals surface area contributed by atoms with E-state index in [2.05, 4.69) is 15.3 Å². The zero-order valence-corrected chi connectivity index (χ0v) is 12.9. The highest BCUT2D eigenvalue weighted by molar-refractivity contribution is 6.30. The second kappa shape index (κ2) is 8.47. The molecule has 118 valence electrons. The summed E-state index contributed by atoms with van der Waals surface area (Å²) in [5.74, 6) is 0.925. The zero-order chi connectivity index (χ0) is 15.8. The Morgan fingerprint density at radius 2 is 2.23 bits per heavy atom. The number of nitrogens with one attached hydrogen (secondary N) is 1. The molecule has 2 aromatic heterocycles. The molecule has 0 aromatic carbocycles. The van der Waals surface area contributed by atoms with Crippen LogP contribution in [-0.4, -0.2) is 40.8 Å². The van der Waals surface area contributed by atoms with Crippen LogP contribution in [0.15, 0.2) is 30.7 Å². The third kappa shape index (κ3) is 5.10.